The molecule has 1 aromatic carbocycles. The van der Waals surface area contributed by atoms with Crippen LogP contribution >= 0.6 is 0 Å². The molecular weight excluding hydrogens is 278 g/mol. The van der Waals surface area contributed by atoms with Crippen molar-refractivity contribution in [2.45, 2.75) is 19.4 Å². The summed E-state index contributed by atoms with van der Waals surface area (Å²) in [6.07, 6.45) is 4.17. The summed E-state index contributed by atoms with van der Waals surface area (Å²) in [6, 6.07) is 11.5. The van der Waals surface area contributed by atoms with Crippen molar-refractivity contribution in [2.75, 3.05) is 7.11 Å². The van der Waals surface area contributed by atoms with Gasteiger partial charge in [0.1, 0.15) is 5.75 Å². The van der Waals surface area contributed by atoms with Gasteiger partial charge in [-0.2, -0.15) is 5.10 Å². The van der Waals surface area contributed by atoms with E-state index in [1.807, 2.05) is 36.4 Å². The molecule has 1 amide bonds. The molecule has 1 atom stereocenters. The van der Waals surface area contributed by atoms with Crippen molar-refractivity contribution in [1.29, 1.82) is 0 Å². The zero-order chi connectivity index (χ0) is 15.5. The molecule has 0 spiro atoms. The number of hydrogen-bond donors (Lipinski definition) is 0. The van der Waals surface area contributed by atoms with Crippen LogP contribution in [-0.4, -0.2) is 28.7 Å². The van der Waals surface area contributed by atoms with Gasteiger partial charge >= 0.3 is 0 Å². The molecule has 0 radical (unpaired) electrons. The van der Waals surface area contributed by atoms with Crippen LogP contribution in [0.4, 0.5) is 0 Å². The van der Waals surface area contributed by atoms with E-state index in [0.29, 0.717) is 6.42 Å². The van der Waals surface area contributed by atoms with Crippen molar-refractivity contribution in [2.24, 2.45) is 5.10 Å². The third kappa shape index (κ3) is 2.70. The molecule has 5 heteroatoms. The molecule has 0 aliphatic carbocycles. The van der Waals surface area contributed by atoms with E-state index in [1.165, 1.54) is 6.92 Å². The first-order chi connectivity index (χ1) is 10.7. The Balaban J connectivity index is 1.90. The number of hydrazone groups is 1. The van der Waals surface area contributed by atoms with E-state index in [4.69, 9.17) is 4.74 Å². The monoisotopic (exact) mass is 295 g/mol. The lowest BCUT2D eigenvalue weighted by molar-refractivity contribution is -0.130. The standard InChI is InChI=1S/C17H17N3O2/c1-12(21)20-17(13-5-7-15(22-2)8-6-13)10-16(19-20)14-4-3-9-18-11-14/h3-9,11,17H,10H2,1-2H3. The number of nitrogens with zero attached hydrogens (tertiary/aromatic N) is 3. The first-order valence-electron chi connectivity index (χ1n) is 7.10. The van der Waals surface area contributed by atoms with Crippen molar-refractivity contribution >= 4 is 11.6 Å². The van der Waals surface area contributed by atoms with Crippen LogP contribution in [0.5, 0.6) is 5.75 Å². The van der Waals surface area contributed by atoms with Gasteiger partial charge in [0, 0.05) is 31.3 Å². The fourth-order valence-electron chi connectivity index (χ4n) is 2.59. The van der Waals surface area contributed by atoms with Crippen molar-refractivity contribution in [1.82, 2.24) is 9.99 Å². The minimum atomic E-state index is -0.0846. The van der Waals surface area contributed by atoms with Crippen LogP contribution in [-0.2, 0) is 4.79 Å². The van der Waals surface area contributed by atoms with Gasteiger partial charge in [-0.25, -0.2) is 5.01 Å². The van der Waals surface area contributed by atoms with Crippen molar-refractivity contribution in [3.05, 3.63) is 59.9 Å². The quantitative estimate of drug-likeness (QED) is 0.875. The van der Waals surface area contributed by atoms with E-state index in [-0.39, 0.29) is 11.9 Å². The highest BCUT2D eigenvalue weighted by Gasteiger charge is 2.31. The van der Waals surface area contributed by atoms with E-state index in [2.05, 4.69) is 10.1 Å². The highest BCUT2D eigenvalue weighted by molar-refractivity contribution is 6.02. The smallest absolute Gasteiger partial charge is 0.240 e. The van der Waals surface area contributed by atoms with Gasteiger partial charge in [-0.05, 0) is 23.8 Å². The molecule has 3 rings (SSSR count). The Morgan fingerprint density at radius 3 is 2.64 bits per heavy atom. The molecule has 2 aromatic rings. The molecule has 5 nitrogen and oxygen atoms in total. The molecule has 22 heavy (non-hydrogen) atoms. The summed E-state index contributed by atoms with van der Waals surface area (Å²) in [4.78, 5) is 16.0. The predicted octanol–water partition coefficient (Wildman–Crippen LogP) is 2.79. The second-order valence-corrected chi connectivity index (χ2v) is 5.15. The summed E-state index contributed by atoms with van der Waals surface area (Å²) in [6.45, 7) is 1.53. The second-order valence-electron chi connectivity index (χ2n) is 5.15. The minimum absolute atomic E-state index is 0.0697. The van der Waals surface area contributed by atoms with Gasteiger partial charge < -0.3 is 4.74 Å². The van der Waals surface area contributed by atoms with Crippen LogP contribution < -0.4 is 4.74 Å². The molecule has 2 heterocycles. The van der Waals surface area contributed by atoms with Crippen LogP contribution in [0.25, 0.3) is 0 Å². The first-order valence-corrected chi connectivity index (χ1v) is 7.10. The molecule has 0 bridgehead atoms. The number of pyridine rings is 1. The molecule has 1 unspecified atom stereocenters. The maximum absolute atomic E-state index is 11.9. The molecule has 1 aliphatic rings. The largest absolute Gasteiger partial charge is 0.497 e. The Bertz CT molecular complexity index is 696. The SMILES string of the molecule is COc1ccc(C2CC(c3cccnc3)=NN2C(C)=O)cc1. The normalized spacial score (nSPS) is 17.3. The highest BCUT2D eigenvalue weighted by Crippen LogP contribution is 2.33. The number of hydrogen-bond acceptors (Lipinski definition) is 4. The number of carbonyl (C=O) groups is 1. The maximum atomic E-state index is 11.9. The summed E-state index contributed by atoms with van der Waals surface area (Å²) in [7, 11) is 1.63. The summed E-state index contributed by atoms with van der Waals surface area (Å²) >= 11 is 0. The number of aromatic nitrogens is 1. The Morgan fingerprint density at radius 1 is 1.27 bits per heavy atom. The van der Waals surface area contributed by atoms with E-state index in [9.17, 15) is 4.79 Å². The number of benzene rings is 1. The zero-order valence-corrected chi connectivity index (χ0v) is 12.6. The Morgan fingerprint density at radius 2 is 2.05 bits per heavy atom. The average molecular weight is 295 g/mol. The average Bonchev–Trinajstić information content (AvgIpc) is 3.01. The first kappa shape index (κ1) is 14.3. The van der Waals surface area contributed by atoms with Gasteiger partial charge in [0.15, 0.2) is 0 Å². The minimum Gasteiger partial charge on any atom is -0.497 e. The number of rotatable bonds is 3. The number of amides is 1. The molecule has 0 saturated carbocycles. The third-order valence-electron chi connectivity index (χ3n) is 3.73. The van der Waals surface area contributed by atoms with Crippen LogP contribution in [0, 0.1) is 0 Å². The van der Waals surface area contributed by atoms with Crippen LogP contribution in [0.1, 0.15) is 30.5 Å². The van der Waals surface area contributed by atoms with Crippen LogP contribution in [0.3, 0.4) is 0 Å². The number of carbonyl (C=O) groups excluding carboxylic acids is 1. The lowest BCUT2D eigenvalue weighted by atomic mass is 9.99. The number of methoxy groups -OCH3 is 1. The van der Waals surface area contributed by atoms with Crippen LogP contribution in [0.2, 0.25) is 0 Å². The number of ether oxygens (including phenoxy) is 1. The zero-order valence-electron chi connectivity index (χ0n) is 12.6. The molecule has 112 valence electrons. The fourth-order valence-corrected chi connectivity index (χ4v) is 2.59. The summed E-state index contributed by atoms with van der Waals surface area (Å²) < 4.78 is 5.18. The van der Waals surface area contributed by atoms with Gasteiger partial charge in [-0.15, -0.1) is 0 Å². The second kappa shape index (κ2) is 5.97. The van der Waals surface area contributed by atoms with Gasteiger partial charge in [0.25, 0.3) is 0 Å². The summed E-state index contributed by atoms with van der Waals surface area (Å²) in [5.74, 6) is 0.726. The van der Waals surface area contributed by atoms with Crippen molar-refractivity contribution in [3.8, 4) is 5.75 Å². The van der Waals surface area contributed by atoms with E-state index >= 15 is 0 Å². The molecular formula is C17H17N3O2. The highest BCUT2D eigenvalue weighted by atomic mass is 16.5. The van der Waals surface area contributed by atoms with E-state index < -0.39 is 0 Å². The Labute approximate surface area is 129 Å². The maximum Gasteiger partial charge on any atom is 0.240 e. The molecule has 0 N–H and O–H groups in total. The van der Waals surface area contributed by atoms with Gasteiger partial charge in [-0.1, -0.05) is 18.2 Å². The van der Waals surface area contributed by atoms with Gasteiger partial charge in [0.2, 0.25) is 5.91 Å². The van der Waals surface area contributed by atoms with Crippen LogP contribution in [0.15, 0.2) is 53.9 Å². The topological polar surface area (TPSA) is 54.8 Å². The molecule has 0 saturated heterocycles. The summed E-state index contributed by atoms with van der Waals surface area (Å²) in [5, 5.41) is 6.03. The molecule has 0 fully saturated rings. The predicted molar refractivity (Wildman–Crippen MR) is 83.6 cm³/mol. The molecule has 1 aromatic heterocycles. The van der Waals surface area contributed by atoms with E-state index in [1.54, 1.807) is 24.5 Å². The third-order valence-corrected chi connectivity index (χ3v) is 3.73. The van der Waals surface area contributed by atoms with Crippen molar-refractivity contribution in [3.63, 3.8) is 0 Å². The van der Waals surface area contributed by atoms with E-state index in [0.717, 1.165) is 22.6 Å². The molecule has 1 aliphatic heterocycles. The summed E-state index contributed by atoms with van der Waals surface area (Å²) in [5.41, 5.74) is 2.87. The lowest BCUT2D eigenvalue weighted by Gasteiger charge is -2.20. The van der Waals surface area contributed by atoms with Crippen molar-refractivity contribution < 1.29 is 9.53 Å². The Kier molecular flexibility index (Phi) is 3.87. The van der Waals surface area contributed by atoms with Gasteiger partial charge in [0.05, 0.1) is 18.9 Å². The fraction of sp³-hybridized carbons (Fsp3) is 0.235. The Hall–Kier alpha value is -2.69. The lowest BCUT2D eigenvalue weighted by Crippen LogP contribution is -2.24. The van der Waals surface area contributed by atoms with Gasteiger partial charge in [-0.3, -0.25) is 9.78 Å².